The van der Waals surface area contributed by atoms with Crippen LogP contribution in [0.3, 0.4) is 0 Å². The highest BCUT2D eigenvalue weighted by molar-refractivity contribution is 4.92. The first kappa shape index (κ1) is 17.8. The molecule has 0 aliphatic heterocycles. The number of ether oxygens (including phenoxy) is 1. The number of hydrogen-bond acceptors (Lipinski definition) is 1. The van der Waals surface area contributed by atoms with Crippen molar-refractivity contribution in [3.05, 3.63) is 24.7 Å². The third-order valence-corrected chi connectivity index (χ3v) is 1.01. The smallest absolute Gasteiger partial charge is 0.0989 e. The molecule has 0 bridgehead atoms. The van der Waals surface area contributed by atoms with E-state index >= 15 is 0 Å². The summed E-state index contributed by atoms with van der Waals surface area (Å²) in [6.07, 6.45) is 13.5. The summed E-state index contributed by atoms with van der Waals surface area (Å²) in [7, 11) is 0. The third kappa shape index (κ3) is 18.1. The van der Waals surface area contributed by atoms with Gasteiger partial charge in [-0.1, -0.05) is 34.3 Å². The molecule has 1 nitrogen and oxygen atoms in total. The second-order valence-electron chi connectivity index (χ2n) is 1.72. The summed E-state index contributed by atoms with van der Waals surface area (Å²) >= 11 is 0. The van der Waals surface area contributed by atoms with Gasteiger partial charge in [-0.2, -0.15) is 0 Å². The Balaban J connectivity index is -0.000000218. The van der Waals surface area contributed by atoms with E-state index in [9.17, 15) is 0 Å². The predicted octanol–water partition coefficient (Wildman–Crippen LogP) is 4.13. The van der Waals surface area contributed by atoms with Crippen LogP contribution < -0.4 is 0 Å². The van der Waals surface area contributed by atoms with E-state index < -0.39 is 0 Å². The van der Waals surface area contributed by atoms with E-state index in [-0.39, 0.29) is 0 Å². The summed E-state index contributed by atoms with van der Waals surface area (Å²) in [6.45, 7) is 11.6. The average molecular weight is 182 g/mol. The Kier molecular flexibility index (Phi) is 30.7. The van der Waals surface area contributed by atoms with E-state index in [2.05, 4.69) is 39.3 Å². The van der Waals surface area contributed by atoms with Gasteiger partial charge in [-0.15, -0.1) is 12.8 Å². The van der Waals surface area contributed by atoms with Gasteiger partial charge in [-0.3, -0.25) is 0 Å². The lowest BCUT2D eigenvalue weighted by Gasteiger charge is -2.00. The molecule has 0 aromatic carbocycles. The molecule has 0 spiro atoms. The van der Waals surface area contributed by atoms with Crippen LogP contribution >= 0.6 is 0 Å². The summed E-state index contributed by atoms with van der Waals surface area (Å²) < 4.78 is 5.06. The lowest BCUT2D eigenvalue weighted by molar-refractivity contribution is 0.337. The van der Waals surface area contributed by atoms with Crippen LogP contribution in [0, 0.1) is 12.8 Å². The molecule has 0 saturated carbocycles. The Morgan fingerprint density at radius 3 is 2.00 bits per heavy atom. The van der Waals surface area contributed by atoms with Crippen molar-refractivity contribution in [3.63, 3.8) is 0 Å². The van der Waals surface area contributed by atoms with Crippen LogP contribution in [0.1, 0.15) is 40.5 Å². The van der Waals surface area contributed by atoms with E-state index in [1.54, 1.807) is 0 Å². The summed E-state index contributed by atoms with van der Waals surface area (Å²) in [6, 6.07) is 0. The van der Waals surface area contributed by atoms with Crippen molar-refractivity contribution in [2.75, 3.05) is 0 Å². The normalized spacial score (nSPS) is 8.31. The number of hydrogen-bond donors (Lipinski definition) is 0. The van der Waals surface area contributed by atoms with Gasteiger partial charge in [0.2, 0.25) is 0 Å². The zero-order valence-electron chi connectivity index (χ0n) is 9.34. The first-order valence-electron chi connectivity index (χ1n) is 4.65. The molecule has 13 heavy (non-hydrogen) atoms. The van der Waals surface area contributed by atoms with Crippen LogP contribution in [-0.4, -0.2) is 0 Å². The molecule has 0 fully saturated rings. The van der Waals surface area contributed by atoms with Crippen LogP contribution in [0.2, 0.25) is 0 Å². The van der Waals surface area contributed by atoms with Gasteiger partial charge in [0.25, 0.3) is 0 Å². The third-order valence-electron chi connectivity index (χ3n) is 1.01. The molecule has 0 aliphatic rings. The zero-order chi connectivity index (χ0) is 11.1. The largest absolute Gasteiger partial charge is 0.470 e. The molecule has 0 radical (unpaired) electrons. The highest BCUT2D eigenvalue weighted by atomic mass is 16.5. The SMILES string of the molecule is C#C.C=CO/C(=C\CC)CC.CC. The predicted molar refractivity (Wildman–Crippen MR) is 61.2 cm³/mol. The molecule has 0 N–H and O–H groups in total. The van der Waals surface area contributed by atoms with Gasteiger partial charge in [0, 0.05) is 6.42 Å². The summed E-state index contributed by atoms with van der Waals surface area (Å²) in [4.78, 5) is 0. The lowest BCUT2D eigenvalue weighted by atomic mass is 10.3. The maximum absolute atomic E-state index is 5.06. The Morgan fingerprint density at radius 1 is 1.31 bits per heavy atom. The van der Waals surface area contributed by atoms with Crippen LogP contribution in [0.15, 0.2) is 24.7 Å². The molecule has 0 rings (SSSR count). The van der Waals surface area contributed by atoms with Crippen molar-refractivity contribution in [1.29, 1.82) is 0 Å². The maximum atomic E-state index is 5.06. The fourth-order valence-electron chi connectivity index (χ4n) is 0.610. The molecule has 0 atom stereocenters. The fraction of sp³-hybridized carbons (Fsp3) is 0.500. The van der Waals surface area contributed by atoms with Crippen LogP contribution in [-0.2, 0) is 4.74 Å². The molecular weight excluding hydrogens is 160 g/mol. The van der Waals surface area contributed by atoms with Gasteiger partial charge in [0.15, 0.2) is 0 Å². The molecule has 0 aromatic heterocycles. The molecule has 76 valence electrons. The maximum Gasteiger partial charge on any atom is 0.0989 e. The lowest BCUT2D eigenvalue weighted by Crippen LogP contribution is -1.80. The molecule has 0 heterocycles. The van der Waals surface area contributed by atoms with Gasteiger partial charge in [0.05, 0.1) is 12.0 Å². The Labute approximate surface area is 83.5 Å². The quantitative estimate of drug-likeness (QED) is 0.469. The van der Waals surface area contributed by atoms with Gasteiger partial charge in [0.1, 0.15) is 0 Å². The first-order valence-corrected chi connectivity index (χ1v) is 4.65. The van der Waals surface area contributed by atoms with E-state index in [4.69, 9.17) is 4.74 Å². The van der Waals surface area contributed by atoms with Gasteiger partial charge in [-0.25, -0.2) is 0 Å². The van der Waals surface area contributed by atoms with Crippen LogP contribution in [0.5, 0.6) is 0 Å². The fourth-order valence-corrected chi connectivity index (χ4v) is 0.610. The van der Waals surface area contributed by atoms with Gasteiger partial charge < -0.3 is 4.74 Å². The standard InChI is InChI=1S/C8H14O.C2H6.C2H2/c1-4-7-8(5-2)9-6-3;2*1-2/h6-7H,3-5H2,1-2H3;1-2H3;1-2H/b8-7-;;. The van der Waals surface area contributed by atoms with Crippen molar-refractivity contribution in [2.24, 2.45) is 0 Å². The second kappa shape index (κ2) is 22.4. The topological polar surface area (TPSA) is 9.23 Å². The van der Waals surface area contributed by atoms with Gasteiger partial charge >= 0.3 is 0 Å². The van der Waals surface area contributed by atoms with E-state index in [1.807, 2.05) is 13.8 Å². The van der Waals surface area contributed by atoms with Crippen LogP contribution in [0.4, 0.5) is 0 Å². The Morgan fingerprint density at radius 2 is 1.77 bits per heavy atom. The molecule has 0 unspecified atom stereocenters. The van der Waals surface area contributed by atoms with Crippen molar-refractivity contribution in [1.82, 2.24) is 0 Å². The zero-order valence-corrected chi connectivity index (χ0v) is 9.34. The minimum absolute atomic E-state index is 0.944. The van der Waals surface area contributed by atoms with Crippen molar-refractivity contribution in [3.8, 4) is 12.8 Å². The molecule has 0 aliphatic carbocycles. The number of terminal acetylenes is 1. The Bertz CT molecular complexity index is 131. The minimum Gasteiger partial charge on any atom is -0.470 e. The van der Waals surface area contributed by atoms with Crippen LogP contribution in [0.25, 0.3) is 0 Å². The molecule has 0 aromatic rings. The summed E-state index contributed by atoms with van der Waals surface area (Å²) in [5, 5.41) is 0. The second-order valence-corrected chi connectivity index (χ2v) is 1.72. The summed E-state index contributed by atoms with van der Waals surface area (Å²) in [5.74, 6) is 1.01. The molecule has 1 heteroatoms. The van der Waals surface area contributed by atoms with Crippen molar-refractivity contribution < 1.29 is 4.74 Å². The highest BCUT2D eigenvalue weighted by Gasteiger charge is 1.87. The van der Waals surface area contributed by atoms with E-state index in [0.29, 0.717) is 0 Å². The molecule has 0 saturated heterocycles. The minimum atomic E-state index is 0.944. The molecule has 0 amide bonds. The van der Waals surface area contributed by atoms with E-state index in [0.717, 1.165) is 18.6 Å². The van der Waals surface area contributed by atoms with Crippen molar-refractivity contribution >= 4 is 0 Å². The van der Waals surface area contributed by atoms with Gasteiger partial charge in [-0.05, 0) is 12.5 Å². The Hall–Kier alpha value is -1.16. The number of rotatable bonds is 4. The summed E-state index contributed by atoms with van der Waals surface area (Å²) in [5.41, 5.74) is 0. The monoisotopic (exact) mass is 182 g/mol. The number of allylic oxidation sites excluding steroid dienone is 2. The molecular formula is C12H22O. The first-order chi connectivity index (χ1) is 6.35. The average Bonchev–Trinajstić information content (AvgIpc) is 2.23. The van der Waals surface area contributed by atoms with E-state index in [1.165, 1.54) is 6.26 Å². The highest BCUT2D eigenvalue weighted by Crippen LogP contribution is 2.03. The van der Waals surface area contributed by atoms with Crippen molar-refractivity contribution in [2.45, 2.75) is 40.5 Å².